The lowest BCUT2D eigenvalue weighted by atomic mass is 10.0. The molecule has 0 bridgehead atoms. The van der Waals surface area contributed by atoms with Gasteiger partial charge in [0.1, 0.15) is 11.9 Å². The van der Waals surface area contributed by atoms with Gasteiger partial charge in [-0.05, 0) is 74.2 Å². The van der Waals surface area contributed by atoms with E-state index in [2.05, 4.69) is 72.4 Å². The van der Waals surface area contributed by atoms with Gasteiger partial charge in [-0.3, -0.25) is 9.88 Å². The van der Waals surface area contributed by atoms with Gasteiger partial charge in [0.15, 0.2) is 0 Å². The maximum Gasteiger partial charge on any atom is 0.119 e. The van der Waals surface area contributed by atoms with E-state index in [1.807, 2.05) is 12.4 Å². The Kier molecular flexibility index (Phi) is 7.25. The van der Waals surface area contributed by atoms with E-state index in [9.17, 15) is 0 Å². The van der Waals surface area contributed by atoms with E-state index >= 15 is 0 Å². The van der Waals surface area contributed by atoms with Crippen molar-refractivity contribution in [3.8, 4) is 5.75 Å². The van der Waals surface area contributed by atoms with Crippen molar-refractivity contribution in [1.29, 1.82) is 0 Å². The van der Waals surface area contributed by atoms with Crippen LogP contribution in [0.15, 0.2) is 48.8 Å². The van der Waals surface area contributed by atoms with Crippen LogP contribution in [0.4, 0.5) is 0 Å². The number of nitrogens with zero attached hydrogens (tertiary/aromatic N) is 2. The molecule has 1 N–H and O–H groups in total. The fourth-order valence-electron chi connectivity index (χ4n) is 3.58. The van der Waals surface area contributed by atoms with Crippen molar-refractivity contribution in [3.63, 3.8) is 0 Å². The minimum atomic E-state index is 0.171. The Morgan fingerprint density at radius 2 is 1.70 bits per heavy atom. The molecule has 1 saturated heterocycles. The number of ether oxygens (including phenoxy) is 1. The number of likely N-dealkylation sites (tertiary alicyclic amines) is 1. The van der Waals surface area contributed by atoms with Crippen LogP contribution in [-0.4, -0.2) is 41.7 Å². The fourth-order valence-corrected chi connectivity index (χ4v) is 3.58. The number of aromatic nitrogens is 1. The minimum Gasteiger partial charge on any atom is -0.489 e. The predicted molar refractivity (Wildman–Crippen MR) is 111 cm³/mol. The maximum absolute atomic E-state index is 6.06. The molecule has 0 saturated carbocycles. The standard InChI is InChI=1S/C23H33N3O/c1-18(2)21-4-6-23(7-5-21)27-19(3)16-25-22-10-14-26(15-11-22)17-20-8-12-24-13-9-20/h4-9,12-13,18-19,22,25H,10-11,14-17H2,1-3H3. The van der Waals surface area contributed by atoms with Gasteiger partial charge < -0.3 is 10.1 Å². The van der Waals surface area contributed by atoms with E-state index in [-0.39, 0.29) is 6.10 Å². The number of hydrogen-bond donors (Lipinski definition) is 1. The molecule has 27 heavy (non-hydrogen) atoms. The number of nitrogens with one attached hydrogen (secondary N) is 1. The minimum absolute atomic E-state index is 0.171. The molecule has 1 aromatic carbocycles. The molecule has 0 amide bonds. The summed E-state index contributed by atoms with van der Waals surface area (Å²) in [5, 5.41) is 3.69. The molecule has 1 aliphatic rings. The molecule has 146 valence electrons. The van der Waals surface area contributed by atoms with Crippen LogP contribution in [0.25, 0.3) is 0 Å². The molecule has 4 nitrogen and oxygen atoms in total. The molecule has 0 aliphatic carbocycles. The Labute approximate surface area is 164 Å². The van der Waals surface area contributed by atoms with Crippen molar-refractivity contribution in [1.82, 2.24) is 15.2 Å². The highest BCUT2D eigenvalue weighted by molar-refractivity contribution is 5.29. The lowest BCUT2D eigenvalue weighted by Gasteiger charge is -2.33. The first-order chi connectivity index (χ1) is 13.1. The molecule has 2 aromatic rings. The van der Waals surface area contributed by atoms with Gasteiger partial charge in [0.2, 0.25) is 0 Å². The highest BCUT2D eigenvalue weighted by atomic mass is 16.5. The number of pyridine rings is 1. The van der Waals surface area contributed by atoms with E-state index in [1.54, 1.807) is 0 Å². The normalized spacial score (nSPS) is 17.2. The van der Waals surface area contributed by atoms with Crippen LogP contribution in [-0.2, 0) is 6.54 Å². The second-order valence-electron chi connectivity index (χ2n) is 7.97. The van der Waals surface area contributed by atoms with Crippen molar-refractivity contribution >= 4 is 0 Å². The Morgan fingerprint density at radius 3 is 2.33 bits per heavy atom. The van der Waals surface area contributed by atoms with E-state index in [4.69, 9.17) is 4.74 Å². The van der Waals surface area contributed by atoms with Crippen molar-refractivity contribution in [2.24, 2.45) is 0 Å². The summed E-state index contributed by atoms with van der Waals surface area (Å²) in [5.74, 6) is 1.52. The Balaban J connectivity index is 1.35. The van der Waals surface area contributed by atoms with Gasteiger partial charge in [-0.25, -0.2) is 0 Å². The summed E-state index contributed by atoms with van der Waals surface area (Å²) in [6.45, 7) is 10.8. The molecule has 0 spiro atoms. The van der Waals surface area contributed by atoms with Crippen molar-refractivity contribution in [3.05, 3.63) is 59.9 Å². The first-order valence-electron chi connectivity index (χ1n) is 10.2. The summed E-state index contributed by atoms with van der Waals surface area (Å²) in [5.41, 5.74) is 2.70. The third-order valence-corrected chi connectivity index (χ3v) is 5.32. The Bertz CT molecular complexity index is 664. The second kappa shape index (κ2) is 9.86. The van der Waals surface area contributed by atoms with Crippen LogP contribution < -0.4 is 10.1 Å². The van der Waals surface area contributed by atoms with Crippen LogP contribution in [0.3, 0.4) is 0 Å². The van der Waals surface area contributed by atoms with Crippen LogP contribution in [0, 0.1) is 0 Å². The van der Waals surface area contributed by atoms with Crippen LogP contribution in [0.5, 0.6) is 5.75 Å². The summed E-state index contributed by atoms with van der Waals surface area (Å²) in [4.78, 5) is 6.62. The molecular formula is C23H33N3O. The number of benzene rings is 1. The van der Waals surface area contributed by atoms with Crippen molar-refractivity contribution in [2.75, 3.05) is 19.6 Å². The van der Waals surface area contributed by atoms with E-state index in [0.717, 1.165) is 31.9 Å². The molecule has 1 aromatic heterocycles. The largest absolute Gasteiger partial charge is 0.489 e. The molecule has 2 heterocycles. The van der Waals surface area contributed by atoms with Crippen molar-refractivity contribution in [2.45, 2.75) is 58.2 Å². The van der Waals surface area contributed by atoms with Crippen LogP contribution in [0.2, 0.25) is 0 Å². The van der Waals surface area contributed by atoms with Crippen LogP contribution in [0.1, 0.15) is 50.7 Å². The molecule has 4 heteroatoms. The third kappa shape index (κ3) is 6.33. The summed E-state index contributed by atoms with van der Waals surface area (Å²) in [6, 6.07) is 13.3. The average molecular weight is 368 g/mol. The quantitative estimate of drug-likeness (QED) is 0.758. The van der Waals surface area contributed by atoms with E-state index < -0.39 is 0 Å². The van der Waals surface area contributed by atoms with Crippen LogP contribution >= 0.6 is 0 Å². The maximum atomic E-state index is 6.06. The first kappa shape index (κ1) is 19.8. The van der Waals surface area contributed by atoms with E-state index in [0.29, 0.717) is 12.0 Å². The zero-order valence-electron chi connectivity index (χ0n) is 16.9. The highest BCUT2D eigenvalue weighted by Gasteiger charge is 2.19. The van der Waals surface area contributed by atoms with Gasteiger partial charge >= 0.3 is 0 Å². The first-order valence-corrected chi connectivity index (χ1v) is 10.2. The van der Waals surface area contributed by atoms with E-state index in [1.165, 1.54) is 24.0 Å². The SMILES string of the molecule is CC(CNC1CCN(Cc2ccncc2)CC1)Oc1ccc(C(C)C)cc1. The smallest absolute Gasteiger partial charge is 0.119 e. The topological polar surface area (TPSA) is 37.4 Å². The van der Waals surface area contributed by atoms with Crippen molar-refractivity contribution < 1.29 is 4.74 Å². The lowest BCUT2D eigenvalue weighted by molar-refractivity contribution is 0.170. The molecular weight excluding hydrogens is 334 g/mol. The second-order valence-corrected chi connectivity index (χ2v) is 7.97. The fraction of sp³-hybridized carbons (Fsp3) is 0.522. The predicted octanol–water partition coefficient (Wildman–Crippen LogP) is 4.23. The molecule has 1 atom stereocenters. The molecule has 0 radical (unpaired) electrons. The molecule has 3 rings (SSSR count). The Hall–Kier alpha value is -1.91. The third-order valence-electron chi connectivity index (χ3n) is 5.32. The summed E-state index contributed by atoms with van der Waals surface area (Å²) >= 11 is 0. The number of rotatable bonds is 8. The zero-order valence-corrected chi connectivity index (χ0v) is 16.9. The van der Waals surface area contributed by atoms with Gasteiger partial charge in [-0.15, -0.1) is 0 Å². The molecule has 1 fully saturated rings. The Morgan fingerprint density at radius 1 is 1.04 bits per heavy atom. The summed E-state index contributed by atoms with van der Waals surface area (Å²) in [6.07, 6.45) is 6.31. The number of hydrogen-bond acceptors (Lipinski definition) is 4. The lowest BCUT2D eigenvalue weighted by Crippen LogP contribution is -2.44. The monoisotopic (exact) mass is 367 g/mol. The van der Waals surface area contributed by atoms with Gasteiger partial charge in [0.05, 0.1) is 0 Å². The molecule has 1 aliphatic heterocycles. The van der Waals surface area contributed by atoms with Gasteiger partial charge in [-0.2, -0.15) is 0 Å². The average Bonchev–Trinajstić information content (AvgIpc) is 2.69. The summed E-state index contributed by atoms with van der Waals surface area (Å²) in [7, 11) is 0. The van der Waals surface area contributed by atoms with Gasteiger partial charge in [-0.1, -0.05) is 26.0 Å². The number of piperidine rings is 1. The van der Waals surface area contributed by atoms with Gasteiger partial charge in [0.25, 0.3) is 0 Å². The van der Waals surface area contributed by atoms with Gasteiger partial charge in [0, 0.05) is 31.5 Å². The zero-order chi connectivity index (χ0) is 19.1. The highest BCUT2D eigenvalue weighted by Crippen LogP contribution is 2.19. The molecule has 1 unspecified atom stereocenters. The summed E-state index contributed by atoms with van der Waals surface area (Å²) < 4.78 is 6.06.